The number of carboxylic acid groups (broad SMARTS) is 1. The van der Waals surface area contributed by atoms with Crippen LogP contribution in [0, 0.1) is 17.8 Å². The highest BCUT2D eigenvalue weighted by molar-refractivity contribution is 5.73. The molecule has 3 N–H and O–H groups in total. The standard InChI is InChI=1S/C9H16N2O2/c1-5(9(12)13)11-3-7-6(2-10)8(7)4-11/h5-8H,2-4,10H2,1H3,(H,12,13). The normalized spacial score (nSPS) is 40.0. The number of carboxylic acids is 1. The molecule has 0 radical (unpaired) electrons. The van der Waals surface area contributed by atoms with Crippen LogP contribution in [-0.4, -0.2) is 41.7 Å². The predicted molar refractivity (Wildman–Crippen MR) is 48.2 cm³/mol. The fraction of sp³-hybridized carbons (Fsp3) is 0.889. The van der Waals surface area contributed by atoms with Gasteiger partial charge in [0.25, 0.3) is 0 Å². The zero-order valence-electron chi connectivity index (χ0n) is 7.81. The van der Waals surface area contributed by atoms with Gasteiger partial charge >= 0.3 is 5.97 Å². The van der Waals surface area contributed by atoms with Gasteiger partial charge in [0, 0.05) is 13.1 Å². The van der Waals surface area contributed by atoms with Crippen molar-refractivity contribution in [2.45, 2.75) is 13.0 Å². The van der Waals surface area contributed by atoms with Crippen LogP contribution in [0.25, 0.3) is 0 Å². The van der Waals surface area contributed by atoms with E-state index in [9.17, 15) is 4.79 Å². The lowest BCUT2D eigenvalue weighted by Gasteiger charge is -2.22. The van der Waals surface area contributed by atoms with Crippen molar-refractivity contribution in [2.75, 3.05) is 19.6 Å². The number of piperidine rings is 1. The van der Waals surface area contributed by atoms with E-state index in [0.29, 0.717) is 17.8 Å². The molecule has 4 heteroatoms. The summed E-state index contributed by atoms with van der Waals surface area (Å²) >= 11 is 0. The molecule has 0 aromatic carbocycles. The van der Waals surface area contributed by atoms with Gasteiger partial charge in [0.05, 0.1) is 0 Å². The van der Waals surface area contributed by atoms with Crippen molar-refractivity contribution in [1.82, 2.24) is 4.90 Å². The Morgan fingerprint density at radius 2 is 2.15 bits per heavy atom. The van der Waals surface area contributed by atoms with E-state index in [0.717, 1.165) is 19.6 Å². The second-order valence-electron chi connectivity index (χ2n) is 4.20. The molecule has 3 atom stereocenters. The number of rotatable bonds is 3. The number of hydrogen-bond acceptors (Lipinski definition) is 3. The molecule has 2 rings (SSSR count). The maximum atomic E-state index is 10.7. The summed E-state index contributed by atoms with van der Waals surface area (Å²) in [4.78, 5) is 12.7. The van der Waals surface area contributed by atoms with Gasteiger partial charge in [0.2, 0.25) is 0 Å². The van der Waals surface area contributed by atoms with Gasteiger partial charge in [-0.25, -0.2) is 0 Å². The molecule has 13 heavy (non-hydrogen) atoms. The van der Waals surface area contributed by atoms with E-state index in [1.165, 1.54) is 0 Å². The summed E-state index contributed by atoms with van der Waals surface area (Å²) in [6.45, 7) is 4.38. The van der Waals surface area contributed by atoms with Crippen LogP contribution < -0.4 is 5.73 Å². The van der Waals surface area contributed by atoms with E-state index in [4.69, 9.17) is 10.8 Å². The second kappa shape index (κ2) is 2.96. The van der Waals surface area contributed by atoms with E-state index in [-0.39, 0.29) is 6.04 Å². The van der Waals surface area contributed by atoms with Crippen molar-refractivity contribution in [2.24, 2.45) is 23.5 Å². The van der Waals surface area contributed by atoms with Crippen LogP contribution in [0.4, 0.5) is 0 Å². The van der Waals surface area contributed by atoms with Crippen molar-refractivity contribution in [1.29, 1.82) is 0 Å². The Morgan fingerprint density at radius 3 is 2.54 bits per heavy atom. The average Bonchev–Trinajstić information content (AvgIpc) is 2.56. The molecule has 1 aliphatic carbocycles. The Bertz CT molecular complexity index is 220. The lowest BCUT2D eigenvalue weighted by Crippen LogP contribution is -2.39. The third-order valence-corrected chi connectivity index (χ3v) is 3.58. The highest BCUT2D eigenvalue weighted by Gasteiger charge is 2.55. The summed E-state index contributed by atoms with van der Waals surface area (Å²) in [5.74, 6) is 1.33. The largest absolute Gasteiger partial charge is 0.480 e. The van der Waals surface area contributed by atoms with Crippen LogP contribution in [0.5, 0.6) is 0 Å². The molecule has 1 saturated heterocycles. The first-order valence-corrected chi connectivity index (χ1v) is 4.82. The van der Waals surface area contributed by atoms with Crippen LogP contribution in [0.1, 0.15) is 6.92 Å². The van der Waals surface area contributed by atoms with Crippen LogP contribution in [0.2, 0.25) is 0 Å². The molecular weight excluding hydrogens is 168 g/mol. The Kier molecular flexibility index (Phi) is 2.04. The molecule has 0 aromatic heterocycles. The van der Waals surface area contributed by atoms with Crippen LogP contribution >= 0.6 is 0 Å². The smallest absolute Gasteiger partial charge is 0.320 e. The second-order valence-corrected chi connectivity index (χ2v) is 4.20. The molecular formula is C9H16N2O2. The lowest BCUT2D eigenvalue weighted by atomic mass is 10.2. The molecule has 2 aliphatic rings. The summed E-state index contributed by atoms with van der Waals surface area (Å²) < 4.78 is 0. The van der Waals surface area contributed by atoms with Crippen molar-refractivity contribution < 1.29 is 9.90 Å². The van der Waals surface area contributed by atoms with E-state index < -0.39 is 5.97 Å². The first-order valence-electron chi connectivity index (χ1n) is 4.82. The highest BCUT2D eigenvalue weighted by Crippen LogP contribution is 2.51. The first kappa shape index (κ1) is 8.97. The molecule has 2 fully saturated rings. The molecule has 3 unspecified atom stereocenters. The molecule has 0 spiro atoms. The predicted octanol–water partition coefficient (Wildman–Crippen LogP) is -0.404. The molecule has 1 aliphatic heterocycles. The molecule has 0 aromatic rings. The Labute approximate surface area is 77.7 Å². The zero-order valence-corrected chi connectivity index (χ0v) is 7.81. The Balaban J connectivity index is 1.86. The Hall–Kier alpha value is -0.610. The molecule has 74 valence electrons. The van der Waals surface area contributed by atoms with Gasteiger partial charge in [-0.2, -0.15) is 0 Å². The van der Waals surface area contributed by atoms with E-state index in [2.05, 4.69) is 0 Å². The van der Waals surface area contributed by atoms with Crippen molar-refractivity contribution in [3.05, 3.63) is 0 Å². The molecule has 0 amide bonds. The third kappa shape index (κ3) is 1.34. The van der Waals surface area contributed by atoms with Gasteiger partial charge in [-0.05, 0) is 31.2 Å². The fourth-order valence-electron chi connectivity index (χ4n) is 2.50. The van der Waals surface area contributed by atoms with Gasteiger partial charge in [-0.1, -0.05) is 0 Å². The zero-order chi connectivity index (χ0) is 9.59. The van der Waals surface area contributed by atoms with E-state index >= 15 is 0 Å². The summed E-state index contributed by atoms with van der Waals surface area (Å²) in [6.07, 6.45) is 0. The number of likely N-dealkylation sites (tertiary alicyclic amines) is 1. The average molecular weight is 184 g/mol. The van der Waals surface area contributed by atoms with Crippen molar-refractivity contribution in [3.63, 3.8) is 0 Å². The number of nitrogens with zero attached hydrogens (tertiary/aromatic N) is 1. The highest BCUT2D eigenvalue weighted by atomic mass is 16.4. The minimum Gasteiger partial charge on any atom is -0.480 e. The number of fused-ring (bicyclic) bond motifs is 1. The van der Waals surface area contributed by atoms with Gasteiger partial charge in [0.15, 0.2) is 0 Å². The van der Waals surface area contributed by atoms with Gasteiger partial charge in [-0.3, -0.25) is 9.69 Å². The van der Waals surface area contributed by atoms with Crippen molar-refractivity contribution >= 4 is 5.97 Å². The number of nitrogens with two attached hydrogens (primary N) is 1. The van der Waals surface area contributed by atoms with Gasteiger partial charge in [-0.15, -0.1) is 0 Å². The minimum absolute atomic E-state index is 0.328. The molecule has 1 saturated carbocycles. The summed E-state index contributed by atoms with van der Waals surface area (Å²) in [5.41, 5.74) is 5.57. The quantitative estimate of drug-likeness (QED) is 0.626. The van der Waals surface area contributed by atoms with Crippen LogP contribution in [0.3, 0.4) is 0 Å². The number of carbonyl (C=O) groups is 1. The lowest BCUT2D eigenvalue weighted by molar-refractivity contribution is -0.142. The van der Waals surface area contributed by atoms with E-state index in [1.54, 1.807) is 6.92 Å². The SMILES string of the molecule is CC(C(=O)O)N1CC2C(CN)C2C1. The topological polar surface area (TPSA) is 66.6 Å². The summed E-state index contributed by atoms with van der Waals surface area (Å²) in [7, 11) is 0. The molecule has 4 nitrogen and oxygen atoms in total. The Morgan fingerprint density at radius 1 is 1.62 bits per heavy atom. The monoisotopic (exact) mass is 184 g/mol. The summed E-state index contributed by atoms with van der Waals surface area (Å²) in [6, 6.07) is -0.328. The maximum absolute atomic E-state index is 10.7. The fourth-order valence-corrected chi connectivity index (χ4v) is 2.50. The maximum Gasteiger partial charge on any atom is 0.320 e. The van der Waals surface area contributed by atoms with Gasteiger partial charge < -0.3 is 10.8 Å². The number of aliphatic carboxylic acids is 1. The van der Waals surface area contributed by atoms with E-state index in [1.807, 2.05) is 4.90 Å². The first-order chi connectivity index (χ1) is 6.15. The van der Waals surface area contributed by atoms with Crippen LogP contribution in [0.15, 0.2) is 0 Å². The van der Waals surface area contributed by atoms with Crippen LogP contribution in [-0.2, 0) is 4.79 Å². The number of hydrogen-bond donors (Lipinski definition) is 2. The molecule has 1 heterocycles. The van der Waals surface area contributed by atoms with Crippen molar-refractivity contribution in [3.8, 4) is 0 Å². The van der Waals surface area contributed by atoms with Gasteiger partial charge in [0.1, 0.15) is 6.04 Å². The molecule has 0 bridgehead atoms. The summed E-state index contributed by atoms with van der Waals surface area (Å²) in [5, 5.41) is 8.80. The minimum atomic E-state index is -0.717. The third-order valence-electron chi connectivity index (χ3n) is 3.58.